The predicted octanol–water partition coefficient (Wildman–Crippen LogP) is 2.68. The van der Waals surface area contributed by atoms with E-state index in [0.717, 1.165) is 16.1 Å². The van der Waals surface area contributed by atoms with Crippen molar-refractivity contribution in [3.8, 4) is 0 Å². The summed E-state index contributed by atoms with van der Waals surface area (Å²) in [5.41, 5.74) is 1.64. The van der Waals surface area contributed by atoms with Crippen molar-refractivity contribution in [3.63, 3.8) is 0 Å². The molecule has 0 saturated carbocycles. The van der Waals surface area contributed by atoms with Gasteiger partial charge in [-0.1, -0.05) is 41.7 Å². The Hall–Kier alpha value is -2.23. The summed E-state index contributed by atoms with van der Waals surface area (Å²) in [7, 11) is -2.25. The molecule has 1 aliphatic rings. The predicted molar refractivity (Wildman–Crippen MR) is 96.7 cm³/mol. The van der Waals surface area contributed by atoms with Crippen LogP contribution in [0.4, 0.5) is 9.93 Å². The Bertz CT molecular complexity index is 891. The molecule has 0 spiro atoms. The van der Waals surface area contributed by atoms with E-state index in [4.69, 9.17) is 0 Å². The number of carbonyl (C=O) groups is 1. The molecule has 132 valence electrons. The number of aromatic nitrogens is 1. The normalized spacial score (nSPS) is 15.1. The molecule has 1 N–H and O–H groups in total. The third-order valence-corrected chi connectivity index (χ3v) is 6.19. The van der Waals surface area contributed by atoms with E-state index in [0.29, 0.717) is 18.1 Å². The fraction of sp³-hybridized carbons (Fsp3) is 0.250. The summed E-state index contributed by atoms with van der Waals surface area (Å²) >= 11 is 1.26. The maximum atomic E-state index is 12.5. The van der Waals surface area contributed by atoms with Crippen LogP contribution in [0, 0.1) is 0 Å². The average molecular weight is 379 g/mol. The highest BCUT2D eigenvalue weighted by Gasteiger charge is 2.27. The van der Waals surface area contributed by atoms with Gasteiger partial charge in [-0.2, -0.15) is 4.31 Å². The van der Waals surface area contributed by atoms with Gasteiger partial charge in [0, 0.05) is 23.3 Å². The van der Waals surface area contributed by atoms with E-state index in [1.54, 1.807) is 6.08 Å². The number of benzene rings is 1. The minimum atomic E-state index is -3.52. The Morgan fingerprint density at radius 3 is 2.84 bits per heavy atom. The molecular weight excluding hydrogens is 362 g/mol. The van der Waals surface area contributed by atoms with Gasteiger partial charge in [0.2, 0.25) is 10.0 Å². The number of nitrogens with one attached hydrogen (secondary N) is 1. The molecule has 0 aliphatic carbocycles. The van der Waals surface area contributed by atoms with Gasteiger partial charge in [-0.25, -0.2) is 18.2 Å². The summed E-state index contributed by atoms with van der Waals surface area (Å²) in [6.45, 7) is 0.604. The summed E-state index contributed by atoms with van der Waals surface area (Å²) in [5, 5.41) is 4.15. The van der Waals surface area contributed by atoms with Crippen LogP contribution in [0.15, 0.2) is 35.7 Å². The van der Waals surface area contributed by atoms with Gasteiger partial charge in [0.05, 0.1) is 19.3 Å². The number of nitrogens with zero attached hydrogens (tertiary/aromatic N) is 2. The molecular formula is C16H17N3O4S2. The first-order valence-corrected chi connectivity index (χ1v) is 9.87. The topological polar surface area (TPSA) is 88.6 Å². The molecule has 3 rings (SSSR count). The van der Waals surface area contributed by atoms with E-state index in [2.05, 4.69) is 15.0 Å². The lowest BCUT2D eigenvalue weighted by Crippen LogP contribution is -2.34. The first-order chi connectivity index (χ1) is 12.0. The van der Waals surface area contributed by atoms with Crippen molar-refractivity contribution in [2.45, 2.75) is 13.0 Å². The molecule has 0 bridgehead atoms. The van der Waals surface area contributed by atoms with E-state index in [9.17, 15) is 13.2 Å². The second-order valence-electron chi connectivity index (χ2n) is 5.35. The summed E-state index contributed by atoms with van der Waals surface area (Å²) in [4.78, 5) is 16.4. The quantitative estimate of drug-likeness (QED) is 0.882. The smallest absolute Gasteiger partial charge is 0.413 e. The molecule has 2 aromatic rings. The molecule has 1 amide bonds. The minimum absolute atomic E-state index is 0.247. The number of sulfonamides is 1. The van der Waals surface area contributed by atoms with Crippen LogP contribution in [-0.4, -0.2) is 37.5 Å². The van der Waals surface area contributed by atoms with Gasteiger partial charge < -0.3 is 4.74 Å². The zero-order valence-electron chi connectivity index (χ0n) is 13.5. The molecule has 0 unspecified atom stereocenters. The van der Waals surface area contributed by atoms with Crippen molar-refractivity contribution < 1.29 is 17.9 Å². The van der Waals surface area contributed by atoms with E-state index in [1.165, 1.54) is 28.2 Å². The van der Waals surface area contributed by atoms with Crippen molar-refractivity contribution in [1.29, 1.82) is 0 Å². The number of rotatable bonds is 4. The second-order valence-corrected chi connectivity index (χ2v) is 8.25. The highest BCUT2D eigenvalue weighted by atomic mass is 32.2. The molecule has 1 aliphatic heterocycles. The molecule has 0 fully saturated rings. The van der Waals surface area contributed by atoms with Crippen molar-refractivity contribution in [2.75, 3.05) is 19.0 Å². The van der Waals surface area contributed by atoms with Gasteiger partial charge in [0.15, 0.2) is 5.13 Å². The zero-order chi connectivity index (χ0) is 17.9. The molecule has 25 heavy (non-hydrogen) atoms. The van der Waals surface area contributed by atoms with Crippen LogP contribution in [-0.2, 0) is 27.7 Å². The van der Waals surface area contributed by atoms with Crippen molar-refractivity contribution >= 4 is 38.7 Å². The van der Waals surface area contributed by atoms with Gasteiger partial charge in [-0.3, -0.25) is 5.32 Å². The van der Waals surface area contributed by atoms with Crippen LogP contribution in [0.5, 0.6) is 0 Å². The van der Waals surface area contributed by atoms with E-state index < -0.39 is 16.1 Å². The molecule has 7 nitrogen and oxygen atoms in total. The van der Waals surface area contributed by atoms with Gasteiger partial charge in [0.25, 0.3) is 0 Å². The van der Waals surface area contributed by atoms with Crippen LogP contribution in [0.25, 0.3) is 6.08 Å². The van der Waals surface area contributed by atoms with E-state index in [1.807, 2.05) is 30.3 Å². The van der Waals surface area contributed by atoms with Crippen LogP contribution in [0.2, 0.25) is 0 Å². The van der Waals surface area contributed by atoms with Gasteiger partial charge in [-0.05, 0) is 11.6 Å². The SMILES string of the molecule is COC(=O)Nc1nc2c(s1)CN(S(=O)(=O)/C=C/c1ccccc1)CC2. The molecule has 9 heteroatoms. The molecule has 0 radical (unpaired) electrons. The second kappa shape index (κ2) is 7.34. The number of ether oxygens (including phenoxy) is 1. The number of amides is 1. The Balaban J connectivity index is 1.73. The number of anilines is 1. The summed E-state index contributed by atoms with van der Waals surface area (Å²) in [6, 6.07) is 9.27. The standard InChI is InChI=1S/C16H17N3O4S2/c1-23-16(20)18-15-17-13-7-9-19(11-14(13)24-15)25(21,22)10-8-12-5-3-2-4-6-12/h2-6,8,10H,7,9,11H2,1H3,(H,17,18,20)/b10-8+. The Labute approximate surface area is 150 Å². The maximum absolute atomic E-state index is 12.5. The fourth-order valence-corrected chi connectivity index (χ4v) is 4.64. The Morgan fingerprint density at radius 2 is 2.12 bits per heavy atom. The van der Waals surface area contributed by atoms with Crippen molar-refractivity contribution in [1.82, 2.24) is 9.29 Å². The molecule has 1 aromatic carbocycles. The third-order valence-electron chi connectivity index (χ3n) is 3.68. The van der Waals surface area contributed by atoms with Crippen LogP contribution >= 0.6 is 11.3 Å². The summed E-state index contributed by atoms with van der Waals surface area (Å²) in [5.74, 6) is 0. The number of methoxy groups -OCH3 is 1. The van der Waals surface area contributed by atoms with E-state index in [-0.39, 0.29) is 6.54 Å². The first kappa shape index (κ1) is 17.6. The highest BCUT2D eigenvalue weighted by Crippen LogP contribution is 2.29. The Kier molecular flexibility index (Phi) is 5.16. The fourth-order valence-electron chi connectivity index (χ4n) is 2.40. The number of carbonyl (C=O) groups excluding carboxylic acids is 1. The molecule has 0 saturated heterocycles. The van der Waals surface area contributed by atoms with Crippen molar-refractivity contribution in [3.05, 3.63) is 51.9 Å². The molecule has 1 aromatic heterocycles. The lowest BCUT2D eigenvalue weighted by Gasteiger charge is -2.23. The van der Waals surface area contributed by atoms with Crippen LogP contribution in [0.3, 0.4) is 0 Å². The van der Waals surface area contributed by atoms with Crippen molar-refractivity contribution in [2.24, 2.45) is 0 Å². The highest BCUT2D eigenvalue weighted by molar-refractivity contribution is 7.92. The maximum Gasteiger partial charge on any atom is 0.413 e. The Morgan fingerprint density at radius 1 is 1.36 bits per heavy atom. The number of hydrogen-bond donors (Lipinski definition) is 1. The monoisotopic (exact) mass is 379 g/mol. The lowest BCUT2D eigenvalue weighted by atomic mass is 10.2. The first-order valence-electron chi connectivity index (χ1n) is 7.55. The minimum Gasteiger partial charge on any atom is -0.453 e. The van der Waals surface area contributed by atoms with Gasteiger partial charge in [0.1, 0.15) is 0 Å². The largest absolute Gasteiger partial charge is 0.453 e. The number of thiazole rings is 1. The summed E-state index contributed by atoms with van der Waals surface area (Å²) in [6.07, 6.45) is 1.50. The molecule has 0 atom stereocenters. The van der Waals surface area contributed by atoms with E-state index >= 15 is 0 Å². The van der Waals surface area contributed by atoms with Gasteiger partial charge >= 0.3 is 6.09 Å². The van der Waals surface area contributed by atoms with Crippen LogP contribution in [0.1, 0.15) is 16.1 Å². The van der Waals surface area contributed by atoms with Gasteiger partial charge in [-0.15, -0.1) is 0 Å². The zero-order valence-corrected chi connectivity index (χ0v) is 15.1. The third kappa shape index (κ3) is 4.25. The van der Waals surface area contributed by atoms with Crippen LogP contribution < -0.4 is 5.32 Å². The number of fused-ring (bicyclic) bond motifs is 1. The average Bonchev–Trinajstić information content (AvgIpc) is 3.02. The molecule has 2 heterocycles. The lowest BCUT2D eigenvalue weighted by molar-refractivity contribution is 0.187. The summed E-state index contributed by atoms with van der Waals surface area (Å²) < 4.78 is 31.0. The number of hydrogen-bond acceptors (Lipinski definition) is 6.